The Morgan fingerprint density at radius 1 is 0.696 bits per heavy atom. The summed E-state index contributed by atoms with van der Waals surface area (Å²) >= 11 is 0. The molecule has 0 aromatic carbocycles. The fourth-order valence-corrected chi connectivity index (χ4v) is 6.94. The van der Waals surface area contributed by atoms with Crippen LogP contribution < -0.4 is 0 Å². The highest BCUT2D eigenvalue weighted by atomic mass is 31.2. The minimum absolute atomic E-state index is 0.0896. The smallest absolute Gasteiger partial charge is 0.462 e. The molecule has 56 heavy (non-hydrogen) atoms. The van der Waals surface area contributed by atoms with Crippen LogP contribution in [-0.2, 0) is 37.4 Å². The number of hydrogen-bond donors (Lipinski definition) is 3. The molecule has 3 N–H and O–H groups in total. The Morgan fingerprint density at radius 3 is 1.89 bits per heavy atom. The molecule has 0 aromatic heterocycles. The number of carbonyl (C=O) groups is 2. The molecular weight excluding hydrogens is 735 g/mol. The highest BCUT2D eigenvalue weighted by molar-refractivity contribution is 7.47. The first-order chi connectivity index (χ1) is 27.1. The van der Waals surface area contributed by atoms with Crippen molar-refractivity contribution in [1.29, 1.82) is 0 Å². The van der Waals surface area contributed by atoms with Gasteiger partial charge in [0.05, 0.1) is 32.0 Å². The van der Waals surface area contributed by atoms with Crippen molar-refractivity contribution in [3.05, 3.63) is 36.5 Å². The van der Waals surface area contributed by atoms with Crippen LogP contribution >= 0.6 is 7.82 Å². The van der Waals surface area contributed by atoms with Crippen molar-refractivity contribution >= 4 is 19.8 Å². The van der Waals surface area contributed by atoms with Crippen LogP contribution in [0.15, 0.2) is 36.5 Å². The van der Waals surface area contributed by atoms with Crippen LogP contribution in [0.5, 0.6) is 0 Å². The molecule has 1 aliphatic heterocycles. The van der Waals surface area contributed by atoms with Gasteiger partial charge >= 0.3 is 19.8 Å². The molecule has 1 rings (SSSR count). The number of carbonyl (C=O) groups excluding carboxylic acids is 2. The Hall–Kier alpha value is -1.85. The Morgan fingerprint density at radius 2 is 1.27 bits per heavy atom. The number of ether oxygens (including phenoxy) is 3. The van der Waals surface area contributed by atoms with Gasteiger partial charge < -0.3 is 29.3 Å². The zero-order chi connectivity index (χ0) is 41.1. The van der Waals surface area contributed by atoms with Gasteiger partial charge in [-0.3, -0.25) is 18.6 Å². The zero-order valence-corrected chi connectivity index (χ0v) is 36.1. The standard InChI is InChI=1S/C44H79O11P/c1-4-5-6-7-8-9-10-14-17-20-23-26-30-41-42(55-41)31-28-33-44(48)54-40(37-53-56(49,50)52-35-39(46)34-45)36-51-43(47)32-27-24-21-18-15-12-11-13-16-19-22-25-29-38(2)3/h8-9,14,17,23,26,38-42,45-46H,4-7,10-13,15-16,18-22,24-25,27-37H2,1-3H3,(H,49,50)/b9-8-,17-14-,26-23-/t39-,40+,41?,42?/m0/s1. The maximum atomic E-state index is 12.7. The molecule has 11 nitrogen and oxygen atoms in total. The van der Waals surface area contributed by atoms with E-state index < -0.39 is 51.8 Å². The van der Waals surface area contributed by atoms with Crippen molar-refractivity contribution in [2.24, 2.45) is 5.92 Å². The summed E-state index contributed by atoms with van der Waals surface area (Å²) in [5, 5.41) is 18.4. The number of rotatable bonds is 39. The highest BCUT2D eigenvalue weighted by Gasteiger charge is 2.37. The molecule has 12 heteroatoms. The topological polar surface area (TPSA) is 161 Å². The molecule has 0 aliphatic carbocycles. The van der Waals surface area contributed by atoms with Gasteiger partial charge in [0.1, 0.15) is 12.7 Å². The van der Waals surface area contributed by atoms with Gasteiger partial charge in [0.15, 0.2) is 6.10 Å². The summed E-state index contributed by atoms with van der Waals surface area (Å²) in [5.74, 6) is -0.193. The zero-order valence-electron chi connectivity index (χ0n) is 35.2. The van der Waals surface area contributed by atoms with E-state index >= 15 is 0 Å². The van der Waals surface area contributed by atoms with E-state index in [1.54, 1.807) is 0 Å². The van der Waals surface area contributed by atoms with Crippen LogP contribution in [0.2, 0.25) is 0 Å². The number of phosphoric acid groups is 1. The summed E-state index contributed by atoms with van der Waals surface area (Å²) in [6, 6.07) is 0. The van der Waals surface area contributed by atoms with Crippen molar-refractivity contribution in [2.45, 2.75) is 199 Å². The van der Waals surface area contributed by atoms with Crippen molar-refractivity contribution in [2.75, 3.05) is 26.4 Å². The number of esters is 2. The van der Waals surface area contributed by atoms with Gasteiger partial charge in [0.2, 0.25) is 0 Å². The predicted octanol–water partition coefficient (Wildman–Crippen LogP) is 10.4. The quantitative estimate of drug-likeness (QED) is 0.0178. The van der Waals surface area contributed by atoms with Crippen LogP contribution in [0.25, 0.3) is 0 Å². The summed E-state index contributed by atoms with van der Waals surface area (Å²) in [5.41, 5.74) is 0. The third kappa shape index (κ3) is 33.2. The van der Waals surface area contributed by atoms with Crippen molar-refractivity contribution in [3.8, 4) is 0 Å². The molecule has 1 saturated heterocycles. The Balaban J connectivity index is 2.31. The van der Waals surface area contributed by atoms with E-state index in [4.69, 9.17) is 23.8 Å². The van der Waals surface area contributed by atoms with E-state index in [9.17, 15) is 24.2 Å². The number of epoxide rings is 1. The molecule has 3 unspecified atom stereocenters. The van der Waals surface area contributed by atoms with E-state index in [1.165, 1.54) is 77.0 Å². The molecule has 0 aromatic rings. The largest absolute Gasteiger partial charge is 0.472 e. The number of aliphatic hydroxyl groups excluding tert-OH is 2. The van der Waals surface area contributed by atoms with Gasteiger partial charge in [0, 0.05) is 12.8 Å². The molecule has 1 aliphatic rings. The maximum Gasteiger partial charge on any atom is 0.472 e. The molecular formula is C44H79O11P. The SMILES string of the molecule is CCCCC/C=C\C/C=C\C/C=C\CC1OC1CCCC(=O)O[C@H](COC(=O)CCCCCCCCCCCCCCC(C)C)COP(=O)(O)OC[C@@H](O)CO. The minimum atomic E-state index is -4.64. The van der Waals surface area contributed by atoms with Crippen LogP contribution in [0.1, 0.15) is 175 Å². The normalized spacial score (nSPS) is 17.9. The lowest BCUT2D eigenvalue weighted by Crippen LogP contribution is -2.30. The van der Waals surface area contributed by atoms with Gasteiger partial charge in [0.25, 0.3) is 0 Å². The first kappa shape index (κ1) is 52.2. The summed E-state index contributed by atoms with van der Waals surface area (Å²) in [6.07, 6.45) is 35.6. The number of phosphoric ester groups is 1. The number of unbranched alkanes of at least 4 members (excludes halogenated alkanes) is 14. The molecule has 0 bridgehead atoms. The lowest BCUT2D eigenvalue weighted by Gasteiger charge is -2.20. The Bertz CT molecular complexity index is 1110. The second-order valence-corrected chi connectivity index (χ2v) is 17.0. The Kier molecular flexibility index (Phi) is 32.7. The fourth-order valence-electron chi connectivity index (χ4n) is 6.15. The van der Waals surface area contributed by atoms with E-state index in [1.807, 2.05) is 0 Å². The fraction of sp³-hybridized carbons (Fsp3) is 0.818. The lowest BCUT2D eigenvalue weighted by atomic mass is 10.0. The third-order valence-electron chi connectivity index (χ3n) is 9.65. The highest BCUT2D eigenvalue weighted by Crippen LogP contribution is 2.43. The molecule has 5 atom stereocenters. The first-order valence-electron chi connectivity index (χ1n) is 21.9. The molecule has 0 radical (unpaired) electrons. The van der Waals surface area contributed by atoms with Crippen molar-refractivity contribution in [3.63, 3.8) is 0 Å². The van der Waals surface area contributed by atoms with Crippen molar-refractivity contribution < 1.29 is 52.5 Å². The number of hydrogen-bond acceptors (Lipinski definition) is 10. The summed E-state index contributed by atoms with van der Waals surface area (Å²) in [4.78, 5) is 35.1. The molecule has 0 spiro atoms. The summed E-state index contributed by atoms with van der Waals surface area (Å²) < 4.78 is 38.5. The first-order valence-corrected chi connectivity index (χ1v) is 23.4. The lowest BCUT2D eigenvalue weighted by molar-refractivity contribution is -0.161. The average Bonchev–Trinajstić information content (AvgIpc) is 3.92. The molecule has 0 amide bonds. The summed E-state index contributed by atoms with van der Waals surface area (Å²) in [7, 11) is -4.64. The Labute approximate surface area is 339 Å². The van der Waals surface area contributed by atoms with Crippen molar-refractivity contribution in [1.82, 2.24) is 0 Å². The van der Waals surface area contributed by atoms with Crippen LogP contribution in [-0.4, -0.2) is 77.9 Å². The second kappa shape index (κ2) is 35.1. The van der Waals surface area contributed by atoms with Gasteiger partial charge in [-0.25, -0.2) is 4.57 Å². The maximum absolute atomic E-state index is 12.7. The average molecular weight is 815 g/mol. The van der Waals surface area contributed by atoms with Gasteiger partial charge in [-0.1, -0.05) is 147 Å². The minimum Gasteiger partial charge on any atom is -0.462 e. The second-order valence-electron chi connectivity index (χ2n) is 15.6. The van der Waals surface area contributed by atoms with Gasteiger partial charge in [-0.15, -0.1) is 0 Å². The molecule has 0 saturated carbocycles. The molecule has 1 fully saturated rings. The van der Waals surface area contributed by atoms with E-state index in [0.29, 0.717) is 19.3 Å². The van der Waals surface area contributed by atoms with Crippen LogP contribution in [0.3, 0.4) is 0 Å². The third-order valence-corrected chi connectivity index (χ3v) is 10.6. The molecule has 326 valence electrons. The number of allylic oxidation sites excluding steroid dienone is 5. The summed E-state index contributed by atoms with van der Waals surface area (Å²) in [6.45, 7) is 4.59. The van der Waals surface area contributed by atoms with Crippen LogP contribution in [0, 0.1) is 5.92 Å². The van der Waals surface area contributed by atoms with Crippen LogP contribution in [0.4, 0.5) is 0 Å². The number of aliphatic hydroxyl groups is 2. The monoisotopic (exact) mass is 815 g/mol. The molecule has 1 heterocycles. The van der Waals surface area contributed by atoms with E-state index in [2.05, 4.69) is 61.8 Å². The van der Waals surface area contributed by atoms with E-state index in [-0.39, 0.29) is 31.7 Å². The van der Waals surface area contributed by atoms with Gasteiger partial charge in [-0.05, 0) is 57.3 Å². The predicted molar refractivity (Wildman–Crippen MR) is 223 cm³/mol. The van der Waals surface area contributed by atoms with Gasteiger partial charge in [-0.2, -0.15) is 0 Å². The van der Waals surface area contributed by atoms with E-state index in [0.717, 1.165) is 50.9 Å².